The Balaban J connectivity index is 1.31. The molecule has 4 heterocycles. The Morgan fingerprint density at radius 3 is 2.26 bits per heavy atom. The second-order valence-electron chi connectivity index (χ2n) is 7.75. The Morgan fingerprint density at radius 1 is 0.889 bits per heavy atom. The molecule has 0 N–H and O–H groups in total. The van der Waals surface area contributed by atoms with Gasteiger partial charge in [-0.25, -0.2) is 15.0 Å². The van der Waals surface area contributed by atoms with Crippen molar-refractivity contribution in [2.45, 2.75) is 24.9 Å². The molecule has 27 heavy (non-hydrogen) atoms. The number of hydrogen-bond donors (Lipinski definition) is 0. The van der Waals surface area contributed by atoms with Gasteiger partial charge in [0.25, 0.3) is 0 Å². The van der Waals surface area contributed by atoms with Crippen LogP contribution in [0.15, 0.2) is 30.6 Å². The Bertz CT molecular complexity index is 837. The number of anilines is 2. The molecule has 2 aromatic rings. The average molecular weight is 375 g/mol. The summed E-state index contributed by atoms with van der Waals surface area (Å²) in [5, 5.41) is 0. The Morgan fingerprint density at radius 2 is 1.59 bits per heavy atom. The minimum atomic E-state index is -4.38. The predicted molar refractivity (Wildman–Crippen MR) is 94.7 cm³/mol. The van der Waals surface area contributed by atoms with E-state index >= 15 is 0 Å². The molecule has 8 heteroatoms. The second-order valence-corrected chi connectivity index (χ2v) is 7.75. The Hall–Kier alpha value is -2.38. The fourth-order valence-electron chi connectivity index (χ4n) is 4.30. The van der Waals surface area contributed by atoms with Gasteiger partial charge >= 0.3 is 6.18 Å². The highest BCUT2D eigenvalue weighted by Crippen LogP contribution is 2.41. The molecular formula is C19H20F3N5. The highest BCUT2D eigenvalue weighted by molar-refractivity contribution is 5.51. The van der Waals surface area contributed by atoms with Crippen molar-refractivity contribution >= 4 is 11.6 Å². The molecule has 3 fully saturated rings. The van der Waals surface area contributed by atoms with Gasteiger partial charge in [0, 0.05) is 56.3 Å². The fraction of sp³-hybridized carbons (Fsp3) is 0.526. The van der Waals surface area contributed by atoms with Gasteiger partial charge in [-0.3, -0.25) is 0 Å². The molecule has 1 aliphatic carbocycles. The summed E-state index contributed by atoms with van der Waals surface area (Å²) < 4.78 is 39.9. The first-order chi connectivity index (χ1) is 13.0. The van der Waals surface area contributed by atoms with Crippen molar-refractivity contribution < 1.29 is 13.2 Å². The van der Waals surface area contributed by atoms with Gasteiger partial charge in [-0.15, -0.1) is 0 Å². The summed E-state index contributed by atoms with van der Waals surface area (Å²) in [4.78, 5) is 17.2. The third kappa shape index (κ3) is 3.11. The monoisotopic (exact) mass is 375 g/mol. The van der Waals surface area contributed by atoms with E-state index in [9.17, 15) is 13.2 Å². The lowest BCUT2D eigenvalue weighted by Gasteiger charge is -2.25. The van der Waals surface area contributed by atoms with Crippen molar-refractivity contribution in [3.63, 3.8) is 0 Å². The number of fused-ring (bicyclic) bond motifs is 1. The van der Waals surface area contributed by atoms with Crippen LogP contribution in [0.25, 0.3) is 0 Å². The second kappa shape index (κ2) is 6.07. The molecule has 1 saturated carbocycles. The predicted octanol–water partition coefficient (Wildman–Crippen LogP) is 3.34. The molecule has 5 nitrogen and oxygen atoms in total. The summed E-state index contributed by atoms with van der Waals surface area (Å²) in [6.07, 6.45) is 1.20. The summed E-state index contributed by atoms with van der Waals surface area (Å²) in [5.41, 5.74) is -0.647. The van der Waals surface area contributed by atoms with E-state index in [1.807, 2.05) is 12.3 Å². The van der Waals surface area contributed by atoms with E-state index in [0.717, 1.165) is 43.6 Å². The Kier molecular flexibility index (Phi) is 3.77. The van der Waals surface area contributed by atoms with Gasteiger partial charge in [-0.2, -0.15) is 13.2 Å². The van der Waals surface area contributed by atoms with Crippen LogP contribution in [0.1, 0.15) is 30.1 Å². The highest BCUT2D eigenvalue weighted by Gasteiger charge is 2.44. The van der Waals surface area contributed by atoms with Crippen LogP contribution in [0.5, 0.6) is 0 Å². The van der Waals surface area contributed by atoms with Crippen molar-refractivity contribution in [3.8, 4) is 0 Å². The van der Waals surface area contributed by atoms with Crippen molar-refractivity contribution in [1.82, 2.24) is 15.0 Å². The first-order valence-electron chi connectivity index (χ1n) is 9.34. The van der Waals surface area contributed by atoms with E-state index in [0.29, 0.717) is 30.8 Å². The molecule has 2 unspecified atom stereocenters. The van der Waals surface area contributed by atoms with E-state index in [4.69, 9.17) is 4.98 Å². The minimum Gasteiger partial charge on any atom is -0.356 e. The quantitative estimate of drug-likeness (QED) is 0.823. The number of nitrogens with zero attached hydrogens (tertiary/aromatic N) is 5. The minimum absolute atomic E-state index is 0.0593. The molecule has 142 valence electrons. The van der Waals surface area contributed by atoms with Gasteiger partial charge < -0.3 is 9.80 Å². The summed E-state index contributed by atoms with van der Waals surface area (Å²) in [7, 11) is 0. The molecule has 5 rings (SSSR count). The molecule has 2 saturated heterocycles. The van der Waals surface area contributed by atoms with Crippen molar-refractivity contribution in [3.05, 3.63) is 42.0 Å². The Labute approximate surface area is 155 Å². The average Bonchev–Trinajstić information content (AvgIpc) is 3.31. The zero-order valence-corrected chi connectivity index (χ0v) is 14.7. The number of hydrogen-bond acceptors (Lipinski definition) is 5. The molecule has 0 spiro atoms. The van der Waals surface area contributed by atoms with Crippen LogP contribution in [0, 0.1) is 11.8 Å². The molecular weight excluding hydrogens is 355 g/mol. The number of alkyl halides is 3. The third-order valence-corrected chi connectivity index (χ3v) is 5.80. The molecule has 3 aliphatic rings. The maximum atomic E-state index is 13.3. The molecule has 0 radical (unpaired) electrons. The number of aromatic nitrogens is 3. The van der Waals surface area contributed by atoms with Crippen LogP contribution in [0.3, 0.4) is 0 Å². The van der Waals surface area contributed by atoms with E-state index in [1.165, 1.54) is 12.3 Å². The van der Waals surface area contributed by atoms with Gasteiger partial charge in [-0.1, -0.05) is 0 Å². The van der Waals surface area contributed by atoms with E-state index < -0.39 is 11.7 Å². The largest absolute Gasteiger partial charge is 0.419 e. The van der Waals surface area contributed by atoms with Crippen LogP contribution < -0.4 is 9.80 Å². The molecule has 0 bridgehead atoms. The standard InChI is InChI=1S/C19H20F3N5/c20-19(21,22)15-2-1-6-24-18(15)27-10-13-8-26(9-14(13)11-27)16-5-7-23-17(25-16)12-3-4-12/h1-2,5-7,12-14H,3-4,8-11H2. The van der Waals surface area contributed by atoms with Crippen molar-refractivity contribution in [2.24, 2.45) is 11.8 Å². The van der Waals surface area contributed by atoms with Gasteiger partial charge in [0.15, 0.2) is 0 Å². The lowest BCUT2D eigenvalue weighted by Crippen LogP contribution is -2.31. The number of rotatable bonds is 3. The molecule has 2 atom stereocenters. The summed E-state index contributed by atoms with van der Waals surface area (Å²) in [5.74, 6) is 3.09. The smallest absolute Gasteiger partial charge is 0.356 e. The lowest BCUT2D eigenvalue weighted by atomic mass is 10.0. The first kappa shape index (κ1) is 16.8. The van der Waals surface area contributed by atoms with Gasteiger partial charge in [0.05, 0.1) is 5.56 Å². The zero-order valence-electron chi connectivity index (χ0n) is 14.7. The summed E-state index contributed by atoms with van der Waals surface area (Å²) in [6.45, 7) is 2.83. The molecule has 0 aromatic carbocycles. The van der Waals surface area contributed by atoms with Gasteiger partial charge in [0.2, 0.25) is 0 Å². The van der Waals surface area contributed by atoms with Gasteiger partial charge in [0.1, 0.15) is 17.5 Å². The fourth-order valence-corrected chi connectivity index (χ4v) is 4.30. The van der Waals surface area contributed by atoms with Crippen LogP contribution >= 0.6 is 0 Å². The SMILES string of the molecule is FC(F)(F)c1cccnc1N1CC2CN(c3ccnc(C4CC4)n3)CC2C1. The van der Waals surface area contributed by atoms with Crippen molar-refractivity contribution in [1.29, 1.82) is 0 Å². The maximum absolute atomic E-state index is 13.3. The van der Waals surface area contributed by atoms with Crippen molar-refractivity contribution in [2.75, 3.05) is 36.0 Å². The van der Waals surface area contributed by atoms with E-state index in [1.54, 1.807) is 4.90 Å². The highest BCUT2D eigenvalue weighted by atomic mass is 19.4. The van der Waals surface area contributed by atoms with Crippen LogP contribution in [0.2, 0.25) is 0 Å². The van der Waals surface area contributed by atoms with Crippen LogP contribution in [-0.2, 0) is 6.18 Å². The maximum Gasteiger partial charge on any atom is 0.419 e. The van der Waals surface area contributed by atoms with Gasteiger partial charge in [-0.05, 0) is 31.0 Å². The summed E-state index contributed by atoms with van der Waals surface area (Å²) in [6, 6.07) is 4.39. The molecule has 2 aliphatic heterocycles. The normalized spacial score (nSPS) is 25.1. The van der Waals surface area contributed by atoms with Crippen LogP contribution in [-0.4, -0.2) is 41.1 Å². The topological polar surface area (TPSA) is 45.2 Å². The first-order valence-corrected chi connectivity index (χ1v) is 9.34. The number of halogens is 3. The molecule has 2 aromatic heterocycles. The third-order valence-electron chi connectivity index (χ3n) is 5.80. The van der Waals surface area contributed by atoms with E-state index in [-0.39, 0.29) is 5.82 Å². The number of pyridine rings is 1. The lowest BCUT2D eigenvalue weighted by molar-refractivity contribution is -0.137. The van der Waals surface area contributed by atoms with E-state index in [2.05, 4.69) is 14.9 Å². The summed E-state index contributed by atoms with van der Waals surface area (Å²) >= 11 is 0. The molecule has 0 amide bonds. The zero-order chi connectivity index (χ0) is 18.6. The van der Waals surface area contributed by atoms with Crippen LogP contribution in [0.4, 0.5) is 24.8 Å².